The average molecular weight is 266 g/mol. The highest BCUT2D eigenvalue weighted by molar-refractivity contribution is 7.92. The average Bonchev–Trinajstić information content (AvgIpc) is 2.79. The van der Waals surface area contributed by atoms with Crippen molar-refractivity contribution >= 4 is 21.4 Å². The van der Waals surface area contributed by atoms with Crippen LogP contribution in [0, 0.1) is 13.8 Å². The lowest BCUT2D eigenvalue weighted by Gasteiger charge is -2.11. The van der Waals surface area contributed by atoms with Gasteiger partial charge in [0.15, 0.2) is 5.03 Å². The van der Waals surface area contributed by atoms with E-state index >= 15 is 0 Å². The second-order valence-corrected chi connectivity index (χ2v) is 5.70. The summed E-state index contributed by atoms with van der Waals surface area (Å²) in [6.45, 7) is 3.81. The van der Waals surface area contributed by atoms with E-state index in [-0.39, 0.29) is 5.03 Å². The van der Waals surface area contributed by atoms with Gasteiger partial charge in [0.05, 0.1) is 23.9 Å². The topological polar surface area (TPSA) is 101 Å². The molecule has 0 aliphatic rings. The van der Waals surface area contributed by atoms with Crippen molar-refractivity contribution in [2.45, 2.75) is 18.9 Å². The van der Waals surface area contributed by atoms with Crippen LogP contribution in [0.2, 0.25) is 0 Å². The zero-order valence-electron chi connectivity index (χ0n) is 10.1. The zero-order valence-corrected chi connectivity index (χ0v) is 10.9. The van der Waals surface area contributed by atoms with Crippen LogP contribution >= 0.6 is 0 Å². The molecule has 0 bridgehead atoms. The number of imidazole rings is 1. The van der Waals surface area contributed by atoms with E-state index in [0.717, 1.165) is 11.1 Å². The summed E-state index contributed by atoms with van der Waals surface area (Å²) in [6.07, 6.45) is 2.54. The summed E-state index contributed by atoms with van der Waals surface area (Å²) in [5.41, 5.74) is 8.53. The molecule has 0 spiro atoms. The molecule has 2 rings (SSSR count). The van der Waals surface area contributed by atoms with E-state index in [1.807, 2.05) is 13.8 Å². The number of aryl methyl sites for hydroxylation is 2. The van der Waals surface area contributed by atoms with Gasteiger partial charge in [0.1, 0.15) is 0 Å². The van der Waals surface area contributed by atoms with Gasteiger partial charge in [-0.25, -0.2) is 4.98 Å². The number of hydrogen-bond acceptors (Lipinski definition) is 4. The highest BCUT2D eigenvalue weighted by Gasteiger charge is 2.17. The molecule has 1 aromatic heterocycles. The standard InChI is InChI=1S/C11H14N4O2S/c1-7-3-9(12)10(4-8(7)2)15-18(16,17)11-5-13-6-14-11/h3-6,15H,12H2,1-2H3,(H,13,14). The quantitative estimate of drug-likeness (QED) is 0.731. The molecule has 0 aliphatic carbocycles. The van der Waals surface area contributed by atoms with Crippen LogP contribution in [0.25, 0.3) is 0 Å². The molecule has 7 heteroatoms. The largest absolute Gasteiger partial charge is 0.397 e. The molecule has 0 amide bonds. The van der Waals surface area contributed by atoms with Crippen LogP contribution in [0.4, 0.5) is 11.4 Å². The maximum Gasteiger partial charge on any atom is 0.279 e. The molecular weight excluding hydrogens is 252 g/mol. The summed E-state index contributed by atoms with van der Waals surface area (Å²) >= 11 is 0. The number of H-pyrrole nitrogens is 1. The number of rotatable bonds is 3. The van der Waals surface area contributed by atoms with Gasteiger partial charge in [0, 0.05) is 0 Å². The highest BCUT2D eigenvalue weighted by atomic mass is 32.2. The molecule has 0 atom stereocenters. The fourth-order valence-corrected chi connectivity index (χ4v) is 2.50. The minimum Gasteiger partial charge on any atom is -0.397 e. The summed E-state index contributed by atoms with van der Waals surface area (Å²) in [5.74, 6) is 0. The first-order valence-corrected chi connectivity index (χ1v) is 6.76. The number of nitrogens with one attached hydrogen (secondary N) is 2. The molecule has 18 heavy (non-hydrogen) atoms. The van der Waals surface area contributed by atoms with Crippen molar-refractivity contribution in [3.8, 4) is 0 Å². The third-order valence-corrected chi connectivity index (χ3v) is 3.96. The molecule has 0 unspecified atom stereocenters. The van der Waals surface area contributed by atoms with E-state index < -0.39 is 10.0 Å². The molecule has 0 saturated heterocycles. The molecule has 1 aromatic carbocycles. The predicted octanol–water partition coefficient (Wildman–Crippen LogP) is 1.41. The summed E-state index contributed by atoms with van der Waals surface area (Å²) in [5, 5.41) is 0.000119. The van der Waals surface area contributed by atoms with Gasteiger partial charge in [-0.1, -0.05) is 0 Å². The number of sulfonamides is 1. The molecule has 0 saturated carbocycles. The van der Waals surface area contributed by atoms with Gasteiger partial charge in [0.2, 0.25) is 0 Å². The lowest BCUT2D eigenvalue weighted by atomic mass is 10.1. The number of benzene rings is 1. The first-order chi connectivity index (χ1) is 8.40. The summed E-state index contributed by atoms with van der Waals surface area (Å²) in [7, 11) is -3.67. The molecule has 4 N–H and O–H groups in total. The Labute approximate surface area is 105 Å². The lowest BCUT2D eigenvalue weighted by Crippen LogP contribution is -2.14. The van der Waals surface area contributed by atoms with Gasteiger partial charge in [-0.2, -0.15) is 8.42 Å². The van der Waals surface area contributed by atoms with Gasteiger partial charge >= 0.3 is 0 Å². The monoisotopic (exact) mass is 266 g/mol. The van der Waals surface area contributed by atoms with Gasteiger partial charge in [-0.3, -0.25) is 4.72 Å². The summed E-state index contributed by atoms with van der Waals surface area (Å²) in [6, 6.07) is 3.44. The van der Waals surface area contributed by atoms with Crippen molar-refractivity contribution in [1.82, 2.24) is 9.97 Å². The Morgan fingerprint density at radius 1 is 1.28 bits per heavy atom. The van der Waals surface area contributed by atoms with Crippen LogP contribution in [0.3, 0.4) is 0 Å². The van der Waals surface area contributed by atoms with Crippen molar-refractivity contribution in [1.29, 1.82) is 0 Å². The first kappa shape index (κ1) is 12.4. The van der Waals surface area contributed by atoms with Crippen molar-refractivity contribution < 1.29 is 8.42 Å². The number of nitrogens with zero attached hydrogens (tertiary/aromatic N) is 1. The van der Waals surface area contributed by atoms with Crippen molar-refractivity contribution in [3.05, 3.63) is 35.8 Å². The molecule has 0 aliphatic heterocycles. The number of aromatic amines is 1. The van der Waals surface area contributed by atoms with E-state index in [1.54, 1.807) is 12.1 Å². The van der Waals surface area contributed by atoms with E-state index in [9.17, 15) is 8.42 Å². The highest BCUT2D eigenvalue weighted by Crippen LogP contribution is 2.25. The Morgan fingerprint density at radius 2 is 1.94 bits per heavy atom. The van der Waals surface area contributed by atoms with Gasteiger partial charge < -0.3 is 10.7 Å². The second kappa shape index (κ2) is 4.34. The second-order valence-electron chi connectivity index (χ2n) is 4.05. The molecule has 96 valence electrons. The third kappa shape index (κ3) is 2.30. The van der Waals surface area contributed by atoms with E-state index in [4.69, 9.17) is 5.73 Å². The number of anilines is 2. The normalized spacial score (nSPS) is 11.4. The van der Waals surface area contributed by atoms with E-state index in [2.05, 4.69) is 14.7 Å². The van der Waals surface area contributed by atoms with Crippen LogP contribution in [-0.2, 0) is 10.0 Å². The summed E-state index contributed by atoms with van der Waals surface area (Å²) in [4.78, 5) is 6.22. The van der Waals surface area contributed by atoms with Crippen molar-refractivity contribution in [2.75, 3.05) is 10.5 Å². The van der Waals surface area contributed by atoms with Crippen molar-refractivity contribution in [2.24, 2.45) is 0 Å². The number of hydrogen-bond donors (Lipinski definition) is 3. The molecule has 0 radical (unpaired) electrons. The Morgan fingerprint density at radius 3 is 2.56 bits per heavy atom. The SMILES string of the molecule is Cc1cc(N)c(NS(=O)(=O)c2cnc[nH]2)cc1C. The Bertz CT molecular complexity index is 663. The third-order valence-electron chi connectivity index (χ3n) is 2.67. The summed E-state index contributed by atoms with van der Waals surface area (Å²) < 4.78 is 26.4. The van der Waals surface area contributed by atoms with Gasteiger partial charge in [0.25, 0.3) is 10.0 Å². The van der Waals surface area contributed by atoms with E-state index in [0.29, 0.717) is 11.4 Å². The lowest BCUT2D eigenvalue weighted by molar-refractivity contribution is 0.598. The Hall–Kier alpha value is -2.02. The fraction of sp³-hybridized carbons (Fsp3) is 0.182. The van der Waals surface area contributed by atoms with Crippen LogP contribution < -0.4 is 10.5 Å². The molecule has 0 fully saturated rings. The van der Waals surface area contributed by atoms with Crippen LogP contribution in [0.15, 0.2) is 29.7 Å². The number of aromatic nitrogens is 2. The van der Waals surface area contributed by atoms with Gasteiger partial charge in [-0.15, -0.1) is 0 Å². The van der Waals surface area contributed by atoms with Crippen LogP contribution in [-0.4, -0.2) is 18.4 Å². The van der Waals surface area contributed by atoms with Crippen LogP contribution in [0.5, 0.6) is 0 Å². The van der Waals surface area contributed by atoms with Gasteiger partial charge in [-0.05, 0) is 37.1 Å². The van der Waals surface area contributed by atoms with E-state index in [1.165, 1.54) is 12.5 Å². The molecular formula is C11H14N4O2S. The predicted molar refractivity (Wildman–Crippen MR) is 69.7 cm³/mol. The minimum atomic E-state index is -3.67. The molecule has 2 aromatic rings. The Balaban J connectivity index is 2.39. The maximum atomic E-state index is 12.0. The zero-order chi connectivity index (χ0) is 13.3. The van der Waals surface area contributed by atoms with Crippen LogP contribution in [0.1, 0.15) is 11.1 Å². The maximum absolute atomic E-state index is 12.0. The fourth-order valence-electron chi connectivity index (χ4n) is 1.52. The molecule has 1 heterocycles. The minimum absolute atomic E-state index is 0.000119. The molecule has 6 nitrogen and oxygen atoms in total. The number of nitrogens with two attached hydrogens (primary N) is 1. The first-order valence-electron chi connectivity index (χ1n) is 5.28. The van der Waals surface area contributed by atoms with Crippen molar-refractivity contribution in [3.63, 3.8) is 0 Å². The number of nitrogen functional groups attached to an aromatic ring is 1. The Kier molecular flexibility index (Phi) is 3.00. The smallest absolute Gasteiger partial charge is 0.279 e.